The van der Waals surface area contributed by atoms with Gasteiger partial charge in [0.2, 0.25) is 5.91 Å². The Labute approximate surface area is 130 Å². The van der Waals surface area contributed by atoms with Crippen LogP contribution in [0.1, 0.15) is 12.0 Å². The molecule has 1 aromatic rings. The standard InChI is InChI=1S/C16H22ClN3O/c1-11-2-3-14(6-15(11)17)19-16(21)4-5-20-9-12-7-18-8-13(12)10-20/h2-3,6,12-13,18H,4-5,7-10H2,1H3,(H,19,21). The van der Waals surface area contributed by atoms with Gasteiger partial charge in [0, 0.05) is 36.8 Å². The van der Waals surface area contributed by atoms with E-state index >= 15 is 0 Å². The highest BCUT2D eigenvalue weighted by Gasteiger charge is 2.35. The molecule has 2 aliphatic rings. The Morgan fingerprint density at radius 3 is 2.76 bits per heavy atom. The molecule has 1 amide bonds. The van der Waals surface area contributed by atoms with Crippen LogP contribution in [0.4, 0.5) is 5.69 Å². The van der Waals surface area contributed by atoms with Crippen LogP contribution < -0.4 is 10.6 Å². The largest absolute Gasteiger partial charge is 0.326 e. The summed E-state index contributed by atoms with van der Waals surface area (Å²) in [7, 11) is 0. The Morgan fingerprint density at radius 1 is 1.38 bits per heavy atom. The molecule has 2 fully saturated rings. The second kappa shape index (κ2) is 6.34. The lowest BCUT2D eigenvalue weighted by molar-refractivity contribution is -0.116. The molecular weight excluding hydrogens is 286 g/mol. The van der Waals surface area contributed by atoms with E-state index in [0.717, 1.165) is 55.8 Å². The number of carbonyl (C=O) groups is 1. The first-order valence-corrected chi connectivity index (χ1v) is 7.98. The number of halogens is 1. The van der Waals surface area contributed by atoms with E-state index in [2.05, 4.69) is 15.5 Å². The van der Waals surface area contributed by atoms with E-state index in [4.69, 9.17) is 11.6 Å². The van der Waals surface area contributed by atoms with Crippen LogP contribution in [0.2, 0.25) is 5.02 Å². The van der Waals surface area contributed by atoms with Crippen molar-refractivity contribution in [1.29, 1.82) is 0 Å². The van der Waals surface area contributed by atoms with E-state index in [9.17, 15) is 4.79 Å². The van der Waals surface area contributed by atoms with Crippen molar-refractivity contribution in [1.82, 2.24) is 10.2 Å². The lowest BCUT2D eigenvalue weighted by Crippen LogP contribution is -2.29. The molecule has 2 unspecified atom stereocenters. The molecule has 2 saturated heterocycles. The molecule has 0 saturated carbocycles. The molecule has 0 aliphatic carbocycles. The summed E-state index contributed by atoms with van der Waals surface area (Å²) < 4.78 is 0. The fourth-order valence-corrected chi connectivity index (χ4v) is 3.47. The molecule has 0 bridgehead atoms. The third kappa shape index (κ3) is 3.57. The second-order valence-corrected chi connectivity index (χ2v) is 6.61. The second-order valence-electron chi connectivity index (χ2n) is 6.20. The van der Waals surface area contributed by atoms with E-state index in [1.165, 1.54) is 0 Å². The van der Waals surface area contributed by atoms with Crippen molar-refractivity contribution in [2.24, 2.45) is 11.8 Å². The number of benzene rings is 1. The quantitative estimate of drug-likeness (QED) is 0.895. The van der Waals surface area contributed by atoms with Crippen molar-refractivity contribution >= 4 is 23.2 Å². The molecule has 21 heavy (non-hydrogen) atoms. The highest BCUT2D eigenvalue weighted by Crippen LogP contribution is 2.26. The Morgan fingerprint density at radius 2 is 2.10 bits per heavy atom. The average molecular weight is 308 g/mol. The van der Waals surface area contributed by atoms with Crippen molar-refractivity contribution in [3.63, 3.8) is 0 Å². The first-order valence-electron chi connectivity index (χ1n) is 7.61. The molecule has 5 heteroatoms. The maximum atomic E-state index is 12.0. The van der Waals surface area contributed by atoms with E-state index < -0.39 is 0 Å². The number of likely N-dealkylation sites (tertiary alicyclic amines) is 1. The highest BCUT2D eigenvalue weighted by molar-refractivity contribution is 6.31. The van der Waals surface area contributed by atoms with Gasteiger partial charge >= 0.3 is 0 Å². The van der Waals surface area contributed by atoms with Gasteiger partial charge < -0.3 is 15.5 Å². The number of hydrogen-bond acceptors (Lipinski definition) is 3. The smallest absolute Gasteiger partial charge is 0.225 e. The van der Waals surface area contributed by atoms with Gasteiger partial charge in [0.25, 0.3) is 0 Å². The molecule has 2 aliphatic heterocycles. The fraction of sp³-hybridized carbons (Fsp3) is 0.562. The van der Waals surface area contributed by atoms with Crippen molar-refractivity contribution in [2.45, 2.75) is 13.3 Å². The lowest BCUT2D eigenvalue weighted by Gasteiger charge is -2.16. The van der Waals surface area contributed by atoms with Gasteiger partial charge in [-0.2, -0.15) is 0 Å². The summed E-state index contributed by atoms with van der Waals surface area (Å²) >= 11 is 6.07. The fourth-order valence-electron chi connectivity index (χ4n) is 3.29. The summed E-state index contributed by atoms with van der Waals surface area (Å²) in [6.07, 6.45) is 0.540. The van der Waals surface area contributed by atoms with Crippen LogP contribution in [0.3, 0.4) is 0 Å². The van der Waals surface area contributed by atoms with Gasteiger partial charge in [0.1, 0.15) is 0 Å². The van der Waals surface area contributed by atoms with Gasteiger partial charge in [-0.3, -0.25) is 4.79 Å². The van der Waals surface area contributed by atoms with E-state index in [0.29, 0.717) is 11.4 Å². The third-order valence-electron chi connectivity index (χ3n) is 4.58. The van der Waals surface area contributed by atoms with Crippen LogP contribution in [0.25, 0.3) is 0 Å². The molecular formula is C16H22ClN3O. The van der Waals surface area contributed by atoms with Crippen LogP contribution in [-0.4, -0.2) is 43.5 Å². The Balaban J connectivity index is 1.45. The van der Waals surface area contributed by atoms with Gasteiger partial charge in [0.15, 0.2) is 0 Å². The molecule has 0 spiro atoms. The summed E-state index contributed by atoms with van der Waals surface area (Å²) in [6.45, 7) is 7.32. The first kappa shape index (κ1) is 14.8. The van der Waals surface area contributed by atoms with Crippen LogP contribution in [0.15, 0.2) is 18.2 Å². The van der Waals surface area contributed by atoms with Crippen molar-refractivity contribution < 1.29 is 4.79 Å². The van der Waals surface area contributed by atoms with Gasteiger partial charge in [-0.25, -0.2) is 0 Å². The molecule has 4 nitrogen and oxygen atoms in total. The summed E-state index contributed by atoms with van der Waals surface area (Å²) in [4.78, 5) is 14.4. The van der Waals surface area contributed by atoms with Crippen molar-refractivity contribution in [3.05, 3.63) is 28.8 Å². The first-order chi connectivity index (χ1) is 10.1. The molecule has 2 atom stereocenters. The van der Waals surface area contributed by atoms with E-state index in [-0.39, 0.29) is 5.91 Å². The van der Waals surface area contributed by atoms with Crippen LogP contribution in [0, 0.1) is 18.8 Å². The van der Waals surface area contributed by atoms with Crippen molar-refractivity contribution in [2.75, 3.05) is 38.0 Å². The number of aryl methyl sites for hydroxylation is 1. The van der Waals surface area contributed by atoms with Crippen LogP contribution >= 0.6 is 11.6 Å². The molecule has 114 valence electrons. The van der Waals surface area contributed by atoms with E-state index in [1.807, 2.05) is 19.1 Å². The minimum atomic E-state index is 0.0603. The van der Waals surface area contributed by atoms with Crippen LogP contribution in [0.5, 0.6) is 0 Å². The topological polar surface area (TPSA) is 44.4 Å². The number of amides is 1. The number of nitrogens with zero attached hydrogens (tertiary/aromatic N) is 1. The minimum absolute atomic E-state index is 0.0603. The van der Waals surface area contributed by atoms with Gasteiger partial charge in [-0.15, -0.1) is 0 Å². The molecule has 3 rings (SSSR count). The normalized spacial score (nSPS) is 25.0. The number of fused-ring (bicyclic) bond motifs is 1. The number of anilines is 1. The highest BCUT2D eigenvalue weighted by atomic mass is 35.5. The minimum Gasteiger partial charge on any atom is -0.326 e. The predicted molar refractivity (Wildman–Crippen MR) is 85.7 cm³/mol. The maximum Gasteiger partial charge on any atom is 0.225 e. The molecule has 2 N–H and O–H groups in total. The van der Waals surface area contributed by atoms with E-state index in [1.54, 1.807) is 6.07 Å². The average Bonchev–Trinajstić information content (AvgIpc) is 3.01. The van der Waals surface area contributed by atoms with Crippen LogP contribution in [-0.2, 0) is 4.79 Å². The Hall–Kier alpha value is -1.10. The summed E-state index contributed by atoms with van der Waals surface area (Å²) in [5.74, 6) is 1.62. The molecule has 0 radical (unpaired) electrons. The monoisotopic (exact) mass is 307 g/mol. The summed E-state index contributed by atoms with van der Waals surface area (Å²) in [6, 6.07) is 5.62. The molecule has 2 heterocycles. The molecule has 0 aromatic heterocycles. The molecule has 1 aromatic carbocycles. The predicted octanol–water partition coefficient (Wildman–Crippen LogP) is 2.13. The summed E-state index contributed by atoms with van der Waals surface area (Å²) in [5, 5.41) is 7.04. The zero-order valence-corrected chi connectivity index (χ0v) is 13.1. The third-order valence-corrected chi connectivity index (χ3v) is 4.98. The van der Waals surface area contributed by atoms with Crippen molar-refractivity contribution in [3.8, 4) is 0 Å². The SMILES string of the molecule is Cc1ccc(NC(=O)CCN2CC3CNCC3C2)cc1Cl. The Kier molecular flexibility index (Phi) is 4.48. The lowest BCUT2D eigenvalue weighted by atomic mass is 10.0. The van der Waals surface area contributed by atoms with Gasteiger partial charge in [-0.1, -0.05) is 17.7 Å². The van der Waals surface area contributed by atoms with Gasteiger partial charge in [-0.05, 0) is 49.5 Å². The number of carbonyl (C=O) groups excluding carboxylic acids is 1. The Bertz CT molecular complexity index is 522. The zero-order valence-electron chi connectivity index (χ0n) is 12.4. The number of hydrogen-bond donors (Lipinski definition) is 2. The maximum absolute atomic E-state index is 12.0. The number of rotatable bonds is 4. The van der Waals surface area contributed by atoms with Gasteiger partial charge in [0.05, 0.1) is 0 Å². The summed E-state index contributed by atoms with van der Waals surface area (Å²) in [5.41, 5.74) is 1.80. The zero-order chi connectivity index (χ0) is 14.8. The number of nitrogens with one attached hydrogen (secondary N) is 2.